The number of nitrogens with zero attached hydrogens (tertiary/aromatic N) is 2. The molecule has 1 aromatic rings. The van der Waals surface area contributed by atoms with Gasteiger partial charge >= 0.3 is 6.18 Å². The van der Waals surface area contributed by atoms with Crippen molar-refractivity contribution in [2.45, 2.75) is 70.6 Å². The van der Waals surface area contributed by atoms with E-state index in [1.165, 1.54) is 31.5 Å². The molecule has 4 nitrogen and oxygen atoms in total. The summed E-state index contributed by atoms with van der Waals surface area (Å²) in [5.74, 6) is 0.347. The number of aromatic nitrogens is 2. The Morgan fingerprint density at radius 3 is 2.70 bits per heavy atom. The van der Waals surface area contributed by atoms with Gasteiger partial charge in [0, 0.05) is 12.2 Å². The predicted molar refractivity (Wildman–Crippen MR) is 80.8 cm³/mol. The Morgan fingerprint density at radius 1 is 1.39 bits per heavy atom. The van der Waals surface area contributed by atoms with E-state index < -0.39 is 12.7 Å². The molecule has 1 aliphatic carbocycles. The largest absolute Gasteiger partial charge is 0.408 e. The molecule has 2 rings (SSSR count). The molecule has 130 valence electrons. The van der Waals surface area contributed by atoms with Crippen molar-refractivity contribution >= 4 is 5.91 Å². The van der Waals surface area contributed by atoms with Crippen LogP contribution in [-0.2, 0) is 17.8 Å². The summed E-state index contributed by atoms with van der Waals surface area (Å²) in [5.41, 5.74) is 0.366. The number of amides is 1. The monoisotopic (exact) mass is 331 g/mol. The molecule has 1 saturated carbocycles. The second-order valence-corrected chi connectivity index (χ2v) is 6.28. The maximum atomic E-state index is 12.3. The fourth-order valence-corrected chi connectivity index (χ4v) is 3.28. The van der Waals surface area contributed by atoms with E-state index in [2.05, 4.69) is 17.3 Å². The first-order valence-corrected chi connectivity index (χ1v) is 8.26. The number of carbonyl (C=O) groups excluding carboxylic acids is 1. The minimum atomic E-state index is -4.31. The lowest BCUT2D eigenvalue weighted by Crippen LogP contribution is -2.41. The van der Waals surface area contributed by atoms with Gasteiger partial charge in [-0.15, -0.1) is 0 Å². The van der Waals surface area contributed by atoms with Crippen LogP contribution in [0.2, 0.25) is 0 Å². The number of hydrogen-bond acceptors (Lipinski definition) is 2. The van der Waals surface area contributed by atoms with Crippen molar-refractivity contribution in [3.05, 3.63) is 18.0 Å². The zero-order chi connectivity index (χ0) is 16.9. The second-order valence-electron chi connectivity index (χ2n) is 6.28. The highest BCUT2D eigenvalue weighted by Crippen LogP contribution is 2.27. The fraction of sp³-hybridized carbons (Fsp3) is 0.750. The number of hydrogen-bond donors (Lipinski definition) is 1. The molecule has 0 bridgehead atoms. The summed E-state index contributed by atoms with van der Waals surface area (Å²) in [6.07, 6.45) is 3.80. The van der Waals surface area contributed by atoms with Crippen LogP contribution in [0.3, 0.4) is 0 Å². The Bertz CT molecular complexity index is 507. The zero-order valence-corrected chi connectivity index (χ0v) is 13.4. The molecule has 1 amide bonds. The number of alkyl halides is 3. The molecule has 1 heterocycles. The summed E-state index contributed by atoms with van der Waals surface area (Å²) < 4.78 is 37.7. The highest BCUT2D eigenvalue weighted by molar-refractivity contribution is 5.78. The van der Waals surface area contributed by atoms with Crippen LogP contribution in [0, 0.1) is 5.92 Å². The number of halogens is 3. The van der Waals surface area contributed by atoms with Gasteiger partial charge in [0.15, 0.2) is 0 Å². The van der Waals surface area contributed by atoms with E-state index in [0.29, 0.717) is 11.6 Å². The summed E-state index contributed by atoms with van der Waals surface area (Å²) in [5, 5.41) is 6.85. The topological polar surface area (TPSA) is 46.9 Å². The van der Waals surface area contributed by atoms with Gasteiger partial charge in [-0.25, -0.2) is 0 Å². The van der Waals surface area contributed by atoms with E-state index in [0.717, 1.165) is 23.9 Å². The van der Waals surface area contributed by atoms with E-state index in [1.807, 2.05) is 0 Å². The molecule has 1 N–H and O–H groups in total. The van der Waals surface area contributed by atoms with Crippen molar-refractivity contribution < 1.29 is 18.0 Å². The molecular formula is C16H24F3N3O. The normalized spacial score (nSPS) is 17.9. The van der Waals surface area contributed by atoms with Crippen LogP contribution in [0.15, 0.2) is 12.3 Å². The minimum absolute atomic E-state index is 0.0219. The van der Waals surface area contributed by atoms with Crippen molar-refractivity contribution in [2.24, 2.45) is 5.92 Å². The molecule has 7 heteroatoms. The first kappa shape index (κ1) is 17.8. The minimum Gasteiger partial charge on any atom is -0.353 e. The molecule has 0 spiro atoms. The van der Waals surface area contributed by atoms with Crippen molar-refractivity contribution in [3.63, 3.8) is 0 Å². The Labute approximate surface area is 134 Å². The molecule has 1 aliphatic rings. The summed E-state index contributed by atoms with van der Waals surface area (Å²) in [7, 11) is 0. The third-order valence-electron chi connectivity index (χ3n) is 4.38. The van der Waals surface area contributed by atoms with Gasteiger partial charge in [-0.3, -0.25) is 9.48 Å². The molecule has 0 saturated heterocycles. The zero-order valence-electron chi connectivity index (χ0n) is 13.4. The van der Waals surface area contributed by atoms with Crippen molar-refractivity contribution in [1.82, 2.24) is 15.1 Å². The van der Waals surface area contributed by atoms with E-state index in [-0.39, 0.29) is 18.4 Å². The quantitative estimate of drug-likeness (QED) is 0.868. The Morgan fingerprint density at radius 2 is 2.09 bits per heavy atom. The van der Waals surface area contributed by atoms with Gasteiger partial charge < -0.3 is 5.32 Å². The van der Waals surface area contributed by atoms with Crippen LogP contribution in [0.5, 0.6) is 0 Å². The van der Waals surface area contributed by atoms with Crippen molar-refractivity contribution in [1.29, 1.82) is 0 Å². The maximum Gasteiger partial charge on any atom is 0.408 e. The van der Waals surface area contributed by atoms with Gasteiger partial charge in [-0.2, -0.15) is 18.3 Å². The fourth-order valence-electron chi connectivity index (χ4n) is 3.28. The predicted octanol–water partition coefficient (Wildman–Crippen LogP) is 3.46. The first-order valence-electron chi connectivity index (χ1n) is 8.26. The molecule has 1 atom stereocenters. The summed E-state index contributed by atoms with van der Waals surface area (Å²) in [6, 6.07) is 1.62. The lowest BCUT2D eigenvalue weighted by Gasteiger charge is -2.30. The van der Waals surface area contributed by atoms with Gasteiger partial charge in [-0.05, 0) is 31.2 Å². The van der Waals surface area contributed by atoms with Gasteiger partial charge in [0.1, 0.15) is 6.54 Å². The third kappa shape index (κ3) is 5.88. The lowest BCUT2D eigenvalue weighted by atomic mass is 9.83. The van der Waals surface area contributed by atoms with E-state index in [1.54, 1.807) is 0 Å². The molecule has 1 aromatic heterocycles. The highest BCUT2D eigenvalue weighted by Gasteiger charge is 2.28. The van der Waals surface area contributed by atoms with Crippen LogP contribution >= 0.6 is 0 Å². The number of carbonyl (C=O) groups is 1. The number of rotatable bonds is 6. The van der Waals surface area contributed by atoms with E-state index in [4.69, 9.17) is 0 Å². The molecular weight excluding hydrogens is 307 g/mol. The Kier molecular flexibility index (Phi) is 6.07. The SMILES string of the molecule is CCC(NC(=O)Cc1ccn(CC(F)(F)F)n1)C1CCCCC1. The lowest BCUT2D eigenvalue weighted by molar-refractivity contribution is -0.142. The summed E-state index contributed by atoms with van der Waals surface area (Å²) in [6.45, 7) is 0.923. The van der Waals surface area contributed by atoms with Crippen LogP contribution in [0.1, 0.15) is 51.1 Å². The maximum absolute atomic E-state index is 12.3. The standard InChI is InChI=1S/C16H24F3N3O/c1-2-14(12-6-4-3-5-7-12)20-15(23)10-13-8-9-22(21-13)11-16(17,18)19/h8-9,12,14H,2-7,10-11H2,1H3,(H,20,23). The number of nitrogens with one attached hydrogen (secondary N) is 1. The highest BCUT2D eigenvalue weighted by atomic mass is 19.4. The molecule has 0 aromatic carbocycles. The Balaban J connectivity index is 1.85. The first-order chi connectivity index (χ1) is 10.9. The van der Waals surface area contributed by atoms with Crippen LogP contribution in [0.25, 0.3) is 0 Å². The molecule has 23 heavy (non-hydrogen) atoms. The molecule has 0 radical (unpaired) electrons. The van der Waals surface area contributed by atoms with Gasteiger partial charge in [0.2, 0.25) is 5.91 Å². The third-order valence-corrected chi connectivity index (χ3v) is 4.38. The smallest absolute Gasteiger partial charge is 0.353 e. The van der Waals surface area contributed by atoms with E-state index in [9.17, 15) is 18.0 Å². The van der Waals surface area contributed by atoms with Crippen molar-refractivity contribution in [2.75, 3.05) is 0 Å². The van der Waals surface area contributed by atoms with E-state index >= 15 is 0 Å². The van der Waals surface area contributed by atoms with Gasteiger partial charge in [0.25, 0.3) is 0 Å². The summed E-state index contributed by atoms with van der Waals surface area (Å²) in [4.78, 5) is 12.1. The molecule has 0 aliphatic heterocycles. The van der Waals surface area contributed by atoms with Crippen LogP contribution < -0.4 is 5.32 Å². The second kappa shape index (κ2) is 7.84. The average molecular weight is 331 g/mol. The van der Waals surface area contributed by atoms with Gasteiger partial charge in [-0.1, -0.05) is 26.2 Å². The van der Waals surface area contributed by atoms with Gasteiger partial charge in [0.05, 0.1) is 12.1 Å². The Hall–Kier alpha value is -1.53. The molecule has 1 fully saturated rings. The summed E-state index contributed by atoms with van der Waals surface area (Å²) >= 11 is 0. The van der Waals surface area contributed by atoms with Crippen LogP contribution in [-0.4, -0.2) is 27.9 Å². The van der Waals surface area contributed by atoms with Crippen LogP contribution in [0.4, 0.5) is 13.2 Å². The molecule has 1 unspecified atom stereocenters. The van der Waals surface area contributed by atoms with Crippen molar-refractivity contribution in [3.8, 4) is 0 Å². The average Bonchev–Trinajstić information content (AvgIpc) is 2.90.